The van der Waals surface area contributed by atoms with Crippen molar-refractivity contribution in [2.45, 2.75) is 25.9 Å². The second-order valence-corrected chi connectivity index (χ2v) is 6.93. The minimum absolute atomic E-state index is 0.0921. The van der Waals surface area contributed by atoms with Crippen molar-refractivity contribution in [3.8, 4) is 0 Å². The molecule has 1 saturated carbocycles. The van der Waals surface area contributed by atoms with Gasteiger partial charge in [-0.2, -0.15) is 5.10 Å². The summed E-state index contributed by atoms with van der Waals surface area (Å²) in [6.45, 7) is 5.45. The lowest BCUT2D eigenvalue weighted by Gasteiger charge is -2.36. The molecule has 8 nitrogen and oxygen atoms in total. The van der Waals surface area contributed by atoms with Crippen molar-refractivity contribution < 1.29 is 9.53 Å². The molecule has 1 aliphatic carbocycles. The van der Waals surface area contributed by atoms with Crippen molar-refractivity contribution in [1.29, 1.82) is 0 Å². The van der Waals surface area contributed by atoms with Gasteiger partial charge in [0.05, 0.1) is 18.2 Å². The lowest BCUT2D eigenvalue weighted by molar-refractivity contribution is -0.143. The highest BCUT2D eigenvalue weighted by Gasteiger charge is 2.29. The molecular weight excluding hydrogens is 320 g/mol. The van der Waals surface area contributed by atoms with Gasteiger partial charge in [0.2, 0.25) is 0 Å². The van der Waals surface area contributed by atoms with Crippen LogP contribution in [0.1, 0.15) is 19.8 Å². The van der Waals surface area contributed by atoms with Crippen molar-refractivity contribution in [2.24, 2.45) is 13.0 Å². The molecule has 134 valence electrons. The molecule has 1 atom stereocenters. The molecule has 1 saturated heterocycles. The summed E-state index contributed by atoms with van der Waals surface area (Å²) in [6.07, 6.45) is 5.50. The van der Waals surface area contributed by atoms with Gasteiger partial charge < -0.3 is 14.5 Å². The third kappa shape index (κ3) is 3.30. The van der Waals surface area contributed by atoms with Gasteiger partial charge in [0.25, 0.3) is 5.91 Å². The van der Waals surface area contributed by atoms with Crippen LogP contribution in [0.4, 0.5) is 5.82 Å². The molecule has 0 spiro atoms. The Labute approximate surface area is 146 Å². The summed E-state index contributed by atoms with van der Waals surface area (Å²) >= 11 is 0. The number of piperazine rings is 1. The fourth-order valence-corrected chi connectivity index (χ4v) is 3.23. The second kappa shape index (κ2) is 6.59. The first kappa shape index (κ1) is 16.3. The predicted molar refractivity (Wildman–Crippen MR) is 93.2 cm³/mol. The largest absolute Gasteiger partial charge is 0.368 e. The molecule has 1 amide bonds. The maximum absolute atomic E-state index is 12.5. The third-order valence-electron chi connectivity index (χ3n) is 5.03. The van der Waals surface area contributed by atoms with Crippen LogP contribution >= 0.6 is 0 Å². The van der Waals surface area contributed by atoms with Crippen LogP contribution in [-0.2, 0) is 16.6 Å². The van der Waals surface area contributed by atoms with E-state index in [-0.39, 0.29) is 12.0 Å². The van der Waals surface area contributed by atoms with Gasteiger partial charge in [-0.25, -0.2) is 9.97 Å². The molecule has 4 rings (SSSR count). The van der Waals surface area contributed by atoms with E-state index >= 15 is 0 Å². The van der Waals surface area contributed by atoms with Gasteiger partial charge in [0, 0.05) is 33.2 Å². The van der Waals surface area contributed by atoms with Crippen LogP contribution in [0, 0.1) is 5.92 Å². The highest BCUT2D eigenvalue weighted by molar-refractivity contribution is 5.87. The summed E-state index contributed by atoms with van der Waals surface area (Å²) in [5, 5.41) is 5.21. The molecule has 1 aliphatic heterocycles. The number of nitrogens with zero attached hydrogens (tertiary/aromatic N) is 6. The number of carbonyl (C=O) groups excluding carboxylic acids is 1. The van der Waals surface area contributed by atoms with Crippen LogP contribution in [0.5, 0.6) is 0 Å². The molecule has 0 aromatic carbocycles. The van der Waals surface area contributed by atoms with Crippen molar-refractivity contribution in [3.63, 3.8) is 0 Å². The Balaban J connectivity index is 1.38. The summed E-state index contributed by atoms with van der Waals surface area (Å²) in [4.78, 5) is 25.4. The smallest absolute Gasteiger partial charge is 0.251 e. The van der Waals surface area contributed by atoms with Gasteiger partial charge in [0.15, 0.2) is 5.65 Å². The summed E-state index contributed by atoms with van der Waals surface area (Å²) < 4.78 is 7.47. The van der Waals surface area contributed by atoms with E-state index in [1.54, 1.807) is 17.2 Å². The number of aryl methyl sites for hydroxylation is 1. The molecule has 0 bridgehead atoms. The van der Waals surface area contributed by atoms with Crippen LogP contribution in [0.25, 0.3) is 11.0 Å². The number of fused-ring (bicyclic) bond motifs is 1. The van der Waals surface area contributed by atoms with Gasteiger partial charge in [0.1, 0.15) is 18.2 Å². The molecule has 1 unspecified atom stereocenters. The first-order chi connectivity index (χ1) is 12.1. The number of hydrogen-bond acceptors (Lipinski definition) is 6. The molecule has 2 aliphatic rings. The summed E-state index contributed by atoms with van der Waals surface area (Å²) in [5.41, 5.74) is 0.825. The number of rotatable bonds is 5. The summed E-state index contributed by atoms with van der Waals surface area (Å²) in [5.74, 6) is 1.66. The summed E-state index contributed by atoms with van der Waals surface area (Å²) in [6, 6.07) is 0. The zero-order chi connectivity index (χ0) is 17.4. The second-order valence-electron chi connectivity index (χ2n) is 6.93. The van der Waals surface area contributed by atoms with E-state index in [1.165, 1.54) is 12.8 Å². The topological polar surface area (TPSA) is 76.4 Å². The minimum Gasteiger partial charge on any atom is -0.368 e. The zero-order valence-electron chi connectivity index (χ0n) is 14.8. The molecule has 2 aromatic rings. The molecule has 0 N–H and O–H groups in total. The third-order valence-corrected chi connectivity index (χ3v) is 5.03. The van der Waals surface area contributed by atoms with Crippen LogP contribution in [0.2, 0.25) is 0 Å². The van der Waals surface area contributed by atoms with Gasteiger partial charge in [-0.3, -0.25) is 9.48 Å². The number of anilines is 1. The van der Waals surface area contributed by atoms with Gasteiger partial charge in [-0.15, -0.1) is 0 Å². The van der Waals surface area contributed by atoms with Crippen LogP contribution < -0.4 is 4.90 Å². The average Bonchev–Trinajstić information content (AvgIpc) is 3.41. The minimum atomic E-state index is -0.351. The van der Waals surface area contributed by atoms with Crippen molar-refractivity contribution in [3.05, 3.63) is 12.5 Å². The molecule has 2 fully saturated rings. The first-order valence-corrected chi connectivity index (χ1v) is 8.91. The number of amides is 1. The Hall–Kier alpha value is -2.22. The SMILES string of the molecule is CC(OCC1CC1)C(=O)N1CCN(c2ncnc3c2cnn3C)CC1. The van der Waals surface area contributed by atoms with E-state index in [1.807, 2.05) is 18.9 Å². The molecular formula is C17H24N6O2. The standard InChI is InChI=1S/C17H24N6O2/c1-12(25-10-13-3-4-13)17(24)23-7-5-22(6-8-23)16-14-9-20-21(2)15(14)18-11-19-16/h9,11-13H,3-8,10H2,1-2H3. The van der Waals surface area contributed by atoms with Gasteiger partial charge in [-0.1, -0.05) is 0 Å². The van der Waals surface area contributed by atoms with Crippen LogP contribution in [-0.4, -0.2) is 69.4 Å². The van der Waals surface area contributed by atoms with E-state index in [9.17, 15) is 4.79 Å². The van der Waals surface area contributed by atoms with E-state index in [2.05, 4.69) is 20.0 Å². The highest BCUT2D eigenvalue weighted by Crippen LogP contribution is 2.29. The van der Waals surface area contributed by atoms with E-state index < -0.39 is 0 Å². The average molecular weight is 344 g/mol. The number of aromatic nitrogens is 4. The zero-order valence-corrected chi connectivity index (χ0v) is 14.8. The van der Waals surface area contributed by atoms with Crippen molar-refractivity contribution >= 4 is 22.8 Å². The quantitative estimate of drug-likeness (QED) is 0.800. The van der Waals surface area contributed by atoms with Gasteiger partial charge in [-0.05, 0) is 25.7 Å². The van der Waals surface area contributed by atoms with Gasteiger partial charge >= 0.3 is 0 Å². The monoisotopic (exact) mass is 344 g/mol. The molecule has 2 aromatic heterocycles. The lowest BCUT2D eigenvalue weighted by atomic mass is 10.2. The molecule has 0 radical (unpaired) electrons. The number of carbonyl (C=O) groups is 1. The number of ether oxygens (including phenoxy) is 1. The Morgan fingerprint density at radius 1 is 1.28 bits per heavy atom. The van der Waals surface area contributed by atoms with Crippen LogP contribution in [0.15, 0.2) is 12.5 Å². The number of hydrogen-bond donors (Lipinski definition) is 0. The van der Waals surface area contributed by atoms with E-state index in [4.69, 9.17) is 4.74 Å². The van der Waals surface area contributed by atoms with E-state index in [0.717, 1.165) is 29.9 Å². The lowest BCUT2D eigenvalue weighted by Crippen LogP contribution is -2.51. The fraction of sp³-hybridized carbons (Fsp3) is 0.647. The van der Waals surface area contributed by atoms with Crippen molar-refractivity contribution in [1.82, 2.24) is 24.6 Å². The maximum Gasteiger partial charge on any atom is 0.251 e. The fourth-order valence-electron chi connectivity index (χ4n) is 3.23. The Kier molecular flexibility index (Phi) is 4.29. The normalized spacial score (nSPS) is 19.4. The Morgan fingerprint density at radius 3 is 2.76 bits per heavy atom. The Morgan fingerprint density at radius 2 is 2.04 bits per heavy atom. The Bertz CT molecular complexity index is 764. The molecule has 3 heterocycles. The van der Waals surface area contributed by atoms with Crippen molar-refractivity contribution in [2.75, 3.05) is 37.7 Å². The highest BCUT2D eigenvalue weighted by atomic mass is 16.5. The predicted octanol–water partition coefficient (Wildman–Crippen LogP) is 0.827. The molecule has 25 heavy (non-hydrogen) atoms. The first-order valence-electron chi connectivity index (χ1n) is 8.91. The van der Waals surface area contributed by atoms with E-state index in [0.29, 0.717) is 25.6 Å². The maximum atomic E-state index is 12.5. The summed E-state index contributed by atoms with van der Waals surface area (Å²) in [7, 11) is 1.87. The van der Waals surface area contributed by atoms with Crippen LogP contribution in [0.3, 0.4) is 0 Å². The molecule has 8 heteroatoms.